The molecule has 0 radical (unpaired) electrons. The molecule has 0 saturated carbocycles. The third-order valence-electron chi connectivity index (χ3n) is 4.07. The molecule has 2 heterocycles. The Morgan fingerprint density at radius 3 is 2.62 bits per heavy atom. The molecule has 7 nitrogen and oxygen atoms in total. The Bertz CT molecular complexity index is 972. The normalized spacial score (nSPS) is 11.4. The number of rotatable bonds is 7. The fourth-order valence-electron chi connectivity index (χ4n) is 2.67. The second-order valence-electron chi connectivity index (χ2n) is 6.42. The van der Waals surface area contributed by atoms with Gasteiger partial charge in [0, 0.05) is 25.2 Å². The number of alkyl halides is 3. The van der Waals surface area contributed by atoms with E-state index in [4.69, 9.17) is 0 Å². The first-order valence-electron chi connectivity index (χ1n) is 8.95. The summed E-state index contributed by atoms with van der Waals surface area (Å²) in [7, 11) is 0. The lowest BCUT2D eigenvalue weighted by Crippen LogP contribution is -2.27. The van der Waals surface area contributed by atoms with E-state index in [2.05, 4.69) is 25.6 Å². The van der Waals surface area contributed by atoms with E-state index in [0.717, 1.165) is 18.1 Å². The van der Waals surface area contributed by atoms with Gasteiger partial charge >= 0.3 is 6.18 Å². The molecular weight excluding hydrogens is 385 g/mol. The number of aromatic nitrogens is 5. The van der Waals surface area contributed by atoms with Crippen LogP contribution in [0.1, 0.15) is 33.3 Å². The second kappa shape index (κ2) is 8.80. The lowest BCUT2D eigenvalue weighted by Gasteiger charge is -2.09. The van der Waals surface area contributed by atoms with E-state index >= 15 is 0 Å². The number of hydrogen-bond acceptors (Lipinski definition) is 5. The van der Waals surface area contributed by atoms with Crippen molar-refractivity contribution >= 4 is 5.91 Å². The van der Waals surface area contributed by atoms with Crippen LogP contribution in [0.25, 0.3) is 0 Å². The molecule has 0 aliphatic rings. The van der Waals surface area contributed by atoms with Gasteiger partial charge in [-0.1, -0.05) is 35.5 Å². The minimum absolute atomic E-state index is 0.0177. The Labute approximate surface area is 165 Å². The molecule has 29 heavy (non-hydrogen) atoms. The van der Waals surface area contributed by atoms with Crippen molar-refractivity contribution in [2.45, 2.75) is 32.5 Å². The molecule has 152 valence electrons. The van der Waals surface area contributed by atoms with E-state index in [-0.39, 0.29) is 30.2 Å². The van der Waals surface area contributed by atoms with Gasteiger partial charge in [-0.25, -0.2) is 9.97 Å². The molecular formula is C19H19F3N6O. The number of nitrogens with one attached hydrogen (secondary N) is 1. The number of nitrogens with zero attached hydrogens (tertiary/aromatic N) is 5. The van der Waals surface area contributed by atoms with Crippen molar-refractivity contribution in [3.8, 4) is 0 Å². The van der Waals surface area contributed by atoms with Gasteiger partial charge in [-0.15, -0.1) is 5.10 Å². The third-order valence-corrected chi connectivity index (χ3v) is 4.07. The average Bonchev–Trinajstić information content (AvgIpc) is 3.15. The zero-order chi connectivity index (χ0) is 20.9. The molecule has 0 unspecified atom stereocenters. The summed E-state index contributed by atoms with van der Waals surface area (Å²) in [5.74, 6) is -0.441. The molecule has 0 bridgehead atoms. The van der Waals surface area contributed by atoms with Crippen molar-refractivity contribution in [2.24, 2.45) is 0 Å². The first kappa shape index (κ1) is 20.4. The van der Waals surface area contributed by atoms with Crippen LogP contribution in [0.5, 0.6) is 0 Å². The van der Waals surface area contributed by atoms with E-state index < -0.39 is 17.8 Å². The van der Waals surface area contributed by atoms with Crippen LogP contribution in [0.2, 0.25) is 0 Å². The highest BCUT2D eigenvalue weighted by atomic mass is 19.4. The van der Waals surface area contributed by atoms with E-state index in [1.165, 1.54) is 13.1 Å². The summed E-state index contributed by atoms with van der Waals surface area (Å²) >= 11 is 0. The predicted molar refractivity (Wildman–Crippen MR) is 98.0 cm³/mol. The summed E-state index contributed by atoms with van der Waals surface area (Å²) in [5, 5.41) is 10.4. The molecule has 1 N–H and O–H groups in total. The van der Waals surface area contributed by atoms with E-state index in [1.807, 2.05) is 30.3 Å². The van der Waals surface area contributed by atoms with Gasteiger partial charge in [0.15, 0.2) is 5.69 Å². The maximum absolute atomic E-state index is 12.8. The molecule has 2 aromatic heterocycles. The Balaban J connectivity index is 1.51. The molecule has 0 fully saturated rings. The van der Waals surface area contributed by atoms with Gasteiger partial charge in [0.2, 0.25) is 0 Å². The highest BCUT2D eigenvalue weighted by Crippen LogP contribution is 2.27. The first-order chi connectivity index (χ1) is 13.8. The highest BCUT2D eigenvalue weighted by Gasteiger charge is 2.33. The van der Waals surface area contributed by atoms with Crippen LogP contribution in [0.15, 0.2) is 42.6 Å². The molecule has 10 heteroatoms. The Morgan fingerprint density at radius 2 is 1.90 bits per heavy atom. The molecule has 0 atom stereocenters. The van der Waals surface area contributed by atoms with Crippen molar-refractivity contribution in [1.29, 1.82) is 0 Å². The van der Waals surface area contributed by atoms with Crippen LogP contribution in [0.4, 0.5) is 13.2 Å². The van der Waals surface area contributed by atoms with Crippen LogP contribution < -0.4 is 5.32 Å². The van der Waals surface area contributed by atoms with Crippen LogP contribution in [0, 0.1) is 6.92 Å². The van der Waals surface area contributed by atoms with Crippen molar-refractivity contribution in [3.63, 3.8) is 0 Å². The zero-order valence-corrected chi connectivity index (χ0v) is 15.6. The average molecular weight is 404 g/mol. The number of amides is 1. The molecule has 3 rings (SSSR count). The molecule has 1 aromatic carbocycles. The van der Waals surface area contributed by atoms with E-state index in [9.17, 15) is 18.0 Å². The number of carbonyl (C=O) groups is 1. The van der Waals surface area contributed by atoms with Gasteiger partial charge < -0.3 is 5.32 Å². The van der Waals surface area contributed by atoms with Crippen LogP contribution in [-0.2, 0) is 25.6 Å². The summed E-state index contributed by atoms with van der Waals surface area (Å²) in [6.45, 7) is 2.12. The summed E-state index contributed by atoms with van der Waals surface area (Å²) in [6.07, 6.45) is -2.19. The van der Waals surface area contributed by atoms with Crippen LogP contribution in [0.3, 0.4) is 0 Å². The van der Waals surface area contributed by atoms with E-state index in [1.54, 1.807) is 4.68 Å². The van der Waals surface area contributed by atoms with Crippen molar-refractivity contribution in [2.75, 3.05) is 6.54 Å². The minimum atomic E-state index is -4.54. The Kier molecular flexibility index (Phi) is 6.20. The summed E-state index contributed by atoms with van der Waals surface area (Å²) in [6, 6.07) is 10.7. The number of hydrogen-bond donors (Lipinski definition) is 1. The van der Waals surface area contributed by atoms with Crippen molar-refractivity contribution in [3.05, 3.63) is 71.1 Å². The van der Waals surface area contributed by atoms with Crippen LogP contribution >= 0.6 is 0 Å². The molecule has 0 saturated heterocycles. The minimum Gasteiger partial charge on any atom is -0.350 e. The van der Waals surface area contributed by atoms with Gasteiger partial charge in [-0.2, -0.15) is 13.2 Å². The Morgan fingerprint density at radius 1 is 1.14 bits per heavy atom. The number of halogens is 3. The molecule has 3 aromatic rings. The quantitative estimate of drug-likeness (QED) is 0.654. The van der Waals surface area contributed by atoms with Crippen molar-refractivity contribution < 1.29 is 18.0 Å². The van der Waals surface area contributed by atoms with Crippen molar-refractivity contribution in [1.82, 2.24) is 30.3 Å². The third kappa shape index (κ3) is 5.84. The molecule has 0 spiro atoms. The zero-order valence-electron chi connectivity index (χ0n) is 15.6. The summed E-state index contributed by atoms with van der Waals surface area (Å²) in [5.41, 5.74) is 0.507. The standard InChI is InChI=1S/C19H19F3N6O/c1-13-11-16(19(20,21)22)25-17(24-13)7-9-23-18(29)15-12-28(27-26-15)10-8-14-5-3-2-4-6-14/h2-6,11-12H,7-10H2,1H3,(H,23,29). The lowest BCUT2D eigenvalue weighted by atomic mass is 10.1. The maximum atomic E-state index is 12.8. The largest absolute Gasteiger partial charge is 0.433 e. The lowest BCUT2D eigenvalue weighted by molar-refractivity contribution is -0.141. The summed E-state index contributed by atoms with van der Waals surface area (Å²) < 4.78 is 40.0. The topological polar surface area (TPSA) is 85.6 Å². The van der Waals surface area contributed by atoms with Gasteiger partial charge in [-0.05, 0) is 25.0 Å². The molecule has 0 aliphatic carbocycles. The van der Waals surface area contributed by atoms with Gasteiger partial charge in [0.05, 0.1) is 6.20 Å². The van der Waals surface area contributed by atoms with Gasteiger partial charge in [0.25, 0.3) is 5.91 Å². The van der Waals surface area contributed by atoms with E-state index in [0.29, 0.717) is 6.54 Å². The smallest absolute Gasteiger partial charge is 0.350 e. The predicted octanol–water partition coefficient (Wildman–Crippen LogP) is 2.61. The number of aryl methyl sites for hydroxylation is 3. The highest BCUT2D eigenvalue weighted by molar-refractivity contribution is 5.91. The summed E-state index contributed by atoms with van der Waals surface area (Å²) in [4.78, 5) is 19.7. The first-order valence-corrected chi connectivity index (χ1v) is 8.95. The SMILES string of the molecule is Cc1cc(C(F)(F)F)nc(CCNC(=O)c2cn(CCc3ccccc3)nn2)n1. The maximum Gasteiger partial charge on any atom is 0.433 e. The van der Waals surface area contributed by atoms with Gasteiger partial charge in [-0.3, -0.25) is 9.48 Å². The second-order valence-corrected chi connectivity index (χ2v) is 6.42. The monoisotopic (exact) mass is 404 g/mol. The molecule has 0 aliphatic heterocycles. The number of carbonyl (C=O) groups excluding carboxylic acids is 1. The fraction of sp³-hybridized carbons (Fsp3) is 0.316. The van der Waals surface area contributed by atoms with Crippen LogP contribution in [-0.4, -0.2) is 37.4 Å². The molecule has 1 amide bonds. The fourth-order valence-corrected chi connectivity index (χ4v) is 2.67. The number of benzene rings is 1. The van der Waals surface area contributed by atoms with Gasteiger partial charge in [0.1, 0.15) is 11.5 Å². The Hall–Kier alpha value is -3.30.